The van der Waals surface area contributed by atoms with E-state index in [0.29, 0.717) is 6.61 Å². The van der Waals surface area contributed by atoms with Gasteiger partial charge in [0.05, 0.1) is 6.61 Å². The number of hydrogen-bond donors (Lipinski definition) is 2. The van der Waals surface area contributed by atoms with Crippen molar-refractivity contribution in [1.29, 1.82) is 5.41 Å². The molecular formula is C13H21N3O. The van der Waals surface area contributed by atoms with Crippen LogP contribution in [0.4, 0.5) is 5.69 Å². The van der Waals surface area contributed by atoms with Crippen molar-refractivity contribution >= 4 is 11.5 Å². The Morgan fingerprint density at radius 3 is 2.65 bits per heavy atom. The molecule has 1 rings (SSSR count). The maximum atomic E-state index is 7.61. The van der Waals surface area contributed by atoms with Crippen molar-refractivity contribution in [3.8, 4) is 0 Å². The molecule has 1 atom stereocenters. The van der Waals surface area contributed by atoms with E-state index in [4.69, 9.17) is 15.9 Å². The molecule has 0 amide bonds. The predicted octanol–water partition coefficient (Wildman–Crippen LogP) is 1.83. The fourth-order valence-corrected chi connectivity index (χ4v) is 2.00. The molecule has 4 heteroatoms. The molecule has 0 aliphatic carbocycles. The quantitative estimate of drug-likeness (QED) is 0.584. The van der Waals surface area contributed by atoms with Crippen LogP contribution in [-0.2, 0) is 4.74 Å². The Morgan fingerprint density at radius 2 is 2.12 bits per heavy atom. The summed E-state index contributed by atoms with van der Waals surface area (Å²) in [7, 11) is 1.70. The molecule has 0 bridgehead atoms. The average Bonchev–Trinajstić information content (AvgIpc) is 2.31. The van der Waals surface area contributed by atoms with Gasteiger partial charge in [-0.1, -0.05) is 12.1 Å². The second-order valence-electron chi connectivity index (χ2n) is 4.02. The van der Waals surface area contributed by atoms with Gasteiger partial charge < -0.3 is 15.4 Å². The Bertz CT molecular complexity index is 379. The molecule has 0 radical (unpaired) electrons. The van der Waals surface area contributed by atoms with Crippen LogP contribution in [0.25, 0.3) is 0 Å². The van der Waals surface area contributed by atoms with Crippen LogP contribution in [0.1, 0.15) is 19.4 Å². The van der Waals surface area contributed by atoms with Gasteiger partial charge in [-0.05, 0) is 26.0 Å². The third kappa shape index (κ3) is 3.20. The molecule has 0 aromatic heterocycles. The molecule has 4 nitrogen and oxygen atoms in total. The first-order valence-electron chi connectivity index (χ1n) is 5.80. The van der Waals surface area contributed by atoms with E-state index in [1.807, 2.05) is 24.3 Å². The molecule has 0 saturated carbocycles. The first-order valence-corrected chi connectivity index (χ1v) is 5.80. The number of ether oxygens (including phenoxy) is 1. The van der Waals surface area contributed by atoms with Crippen LogP contribution in [-0.4, -0.2) is 32.1 Å². The lowest BCUT2D eigenvalue weighted by Gasteiger charge is -2.31. The van der Waals surface area contributed by atoms with Gasteiger partial charge >= 0.3 is 0 Å². The van der Waals surface area contributed by atoms with Gasteiger partial charge in [0.2, 0.25) is 0 Å². The third-order valence-corrected chi connectivity index (χ3v) is 2.78. The van der Waals surface area contributed by atoms with Gasteiger partial charge in [-0.2, -0.15) is 0 Å². The minimum atomic E-state index is 0.101. The molecular weight excluding hydrogens is 214 g/mol. The predicted molar refractivity (Wildman–Crippen MR) is 71.8 cm³/mol. The van der Waals surface area contributed by atoms with Crippen LogP contribution in [0, 0.1) is 5.41 Å². The normalized spacial score (nSPS) is 12.2. The lowest BCUT2D eigenvalue weighted by atomic mass is 10.1. The summed E-state index contributed by atoms with van der Waals surface area (Å²) in [4.78, 5) is 2.19. The van der Waals surface area contributed by atoms with E-state index in [2.05, 4.69) is 18.7 Å². The number of nitrogens with one attached hydrogen (secondary N) is 1. The van der Waals surface area contributed by atoms with E-state index < -0.39 is 0 Å². The molecule has 1 aromatic carbocycles. The Hall–Kier alpha value is -1.55. The summed E-state index contributed by atoms with van der Waals surface area (Å²) in [5.74, 6) is 0.101. The molecule has 0 aliphatic rings. The highest BCUT2D eigenvalue weighted by Gasteiger charge is 2.16. The summed E-state index contributed by atoms with van der Waals surface area (Å²) < 4.78 is 5.18. The topological polar surface area (TPSA) is 62.3 Å². The summed E-state index contributed by atoms with van der Waals surface area (Å²) in [5, 5.41) is 7.61. The average molecular weight is 235 g/mol. The Labute approximate surface area is 103 Å². The smallest absolute Gasteiger partial charge is 0.124 e. The molecule has 0 spiro atoms. The molecule has 1 aromatic rings. The van der Waals surface area contributed by atoms with Crippen LogP contribution in [0.5, 0.6) is 0 Å². The van der Waals surface area contributed by atoms with Crippen molar-refractivity contribution in [2.45, 2.75) is 19.9 Å². The first-order chi connectivity index (χ1) is 8.11. The number of para-hydroxylation sites is 1. The Balaban J connectivity index is 3.06. The molecule has 1 unspecified atom stereocenters. The summed E-state index contributed by atoms with van der Waals surface area (Å²) >= 11 is 0. The van der Waals surface area contributed by atoms with Gasteiger partial charge in [-0.3, -0.25) is 5.41 Å². The fourth-order valence-electron chi connectivity index (χ4n) is 2.00. The maximum Gasteiger partial charge on any atom is 0.124 e. The van der Waals surface area contributed by atoms with Crippen molar-refractivity contribution in [1.82, 2.24) is 0 Å². The van der Waals surface area contributed by atoms with Gasteiger partial charge in [-0.15, -0.1) is 0 Å². The SMILES string of the molecule is CCN(c1ccccc1C(=N)N)C(C)COC. The third-order valence-electron chi connectivity index (χ3n) is 2.78. The first kappa shape index (κ1) is 13.5. The lowest BCUT2D eigenvalue weighted by molar-refractivity contribution is 0.182. The fraction of sp³-hybridized carbons (Fsp3) is 0.462. The molecule has 0 heterocycles. The number of nitrogens with two attached hydrogens (primary N) is 1. The van der Waals surface area contributed by atoms with E-state index in [9.17, 15) is 0 Å². The van der Waals surface area contributed by atoms with E-state index in [-0.39, 0.29) is 11.9 Å². The van der Waals surface area contributed by atoms with Crippen molar-refractivity contribution in [3.05, 3.63) is 29.8 Å². The summed E-state index contributed by atoms with van der Waals surface area (Å²) in [6, 6.07) is 7.98. The van der Waals surface area contributed by atoms with Gasteiger partial charge in [-0.25, -0.2) is 0 Å². The largest absolute Gasteiger partial charge is 0.384 e. The van der Waals surface area contributed by atoms with E-state index in [1.54, 1.807) is 7.11 Å². The number of methoxy groups -OCH3 is 1. The zero-order valence-electron chi connectivity index (χ0n) is 10.7. The standard InChI is InChI=1S/C13H21N3O/c1-4-16(10(2)9-17-3)12-8-6-5-7-11(12)13(14)15/h5-8,10H,4,9H2,1-3H3,(H3,14,15). The number of hydrogen-bond acceptors (Lipinski definition) is 3. The van der Waals surface area contributed by atoms with Crippen LogP contribution >= 0.6 is 0 Å². The van der Waals surface area contributed by atoms with Crippen molar-refractivity contribution in [2.75, 3.05) is 25.2 Å². The molecule has 3 N–H and O–H groups in total. The number of amidine groups is 1. The zero-order chi connectivity index (χ0) is 12.8. The van der Waals surface area contributed by atoms with Crippen LogP contribution in [0.15, 0.2) is 24.3 Å². The van der Waals surface area contributed by atoms with Crippen molar-refractivity contribution < 1.29 is 4.74 Å². The number of nitrogen functional groups attached to an aromatic ring is 1. The van der Waals surface area contributed by atoms with Crippen molar-refractivity contribution in [3.63, 3.8) is 0 Å². The maximum absolute atomic E-state index is 7.61. The summed E-state index contributed by atoms with van der Waals surface area (Å²) in [6.07, 6.45) is 0. The highest BCUT2D eigenvalue weighted by atomic mass is 16.5. The number of anilines is 1. The molecule has 0 saturated heterocycles. The molecule has 0 fully saturated rings. The van der Waals surface area contributed by atoms with E-state index in [0.717, 1.165) is 17.8 Å². The van der Waals surface area contributed by atoms with Crippen LogP contribution < -0.4 is 10.6 Å². The van der Waals surface area contributed by atoms with Gasteiger partial charge in [0.25, 0.3) is 0 Å². The molecule has 17 heavy (non-hydrogen) atoms. The Morgan fingerprint density at radius 1 is 1.47 bits per heavy atom. The van der Waals surface area contributed by atoms with E-state index in [1.165, 1.54) is 0 Å². The highest BCUT2D eigenvalue weighted by molar-refractivity contribution is 6.00. The summed E-state index contributed by atoms with van der Waals surface area (Å²) in [5.41, 5.74) is 7.37. The second kappa shape index (κ2) is 6.25. The minimum absolute atomic E-state index is 0.101. The molecule has 0 aliphatic heterocycles. The lowest BCUT2D eigenvalue weighted by Crippen LogP contribution is -2.37. The van der Waals surface area contributed by atoms with E-state index >= 15 is 0 Å². The monoisotopic (exact) mass is 235 g/mol. The number of nitrogens with zero attached hydrogens (tertiary/aromatic N) is 1. The van der Waals surface area contributed by atoms with Crippen molar-refractivity contribution in [2.24, 2.45) is 5.73 Å². The van der Waals surface area contributed by atoms with Gasteiger partial charge in [0, 0.05) is 30.9 Å². The second-order valence-corrected chi connectivity index (χ2v) is 4.02. The molecule has 94 valence electrons. The van der Waals surface area contributed by atoms with Gasteiger partial charge in [0.1, 0.15) is 5.84 Å². The zero-order valence-corrected chi connectivity index (χ0v) is 10.7. The highest BCUT2D eigenvalue weighted by Crippen LogP contribution is 2.22. The summed E-state index contributed by atoms with van der Waals surface area (Å²) in [6.45, 7) is 5.70. The Kier molecular flexibility index (Phi) is 4.97. The number of benzene rings is 1. The number of rotatable bonds is 6. The van der Waals surface area contributed by atoms with Crippen LogP contribution in [0.3, 0.4) is 0 Å². The minimum Gasteiger partial charge on any atom is -0.384 e. The number of likely N-dealkylation sites (N-methyl/N-ethyl adjacent to an activating group) is 1. The van der Waals surface area contributed by atoms with Crippen LogP contribution in [0.2, 0.25) is 0 Å². The van der Waals surface area contributed by atoms with Gasteiger partial charge in [0.15, 0.2) is 0 Å².